The Balaban J connectivity index is 3.12. The summed E-state index contributed by atoms with van der Waals surface area (Å²) in [6.07, 6.45) is 4.24. The Hall–Kier alpha value is -1.63. The van der Waals surface area contributed by atoms with Crippen LogP contribution in [0.5, 0.6) is 0 Å². The zero-order valence-corrected chi connectivity index (χ0v) is 9.69. The number of hydrogen-bond acceptors (Lipinski definition) is 7. The molecule has 0 amide bonds. The smallest absolute Gasteiger partial charge is 0.341 e. The van der Waals surface area contributed by atoms with Crippen LogP contribution in [-0.4, -0.2) is 40.2 Å². The van der Waals surface area contributed by atoms with Crippen LogP contribution in [0.4, 0.5) is 0 Å². The molecule has 1 N–H and O–H groups in total. The van der Waals surface area contributed by atoms with Crippen molar-refractivity contribution in [2.75, 3.05) is 12.9 Å². The summed E-state index contributed by atoms with van der Waals surface area (Å²) < 4.78 is 4.82. The summed E-state index contributed by atoms with van der Waals surface area (Å²) in [6.45, 7) is 1.97. The van der Waals surface area contributed by atoms with E-state index in [9.17, 15) is 4.79 Å². The van der Waals surface area contributed by atoms with Crippen molar-refractivity contribution >= 4 is 23.9 Å². The predicted octanol–water partition coefficient (Wildman–Crippen LogP) is 1.18. The minimum absolute atomic E-state index is 0.178. The first kappa shape index (κ1) is 12.4. The lowest BCUT2D eigenvalue weighted by molar-refractivity contribution is 0.0525. The quantitative estimate of drug-likeness (QED) is 0.213. The van der Waals surface area contributed by atoms with Crippen LogP contribution < -0.4 is 0 Å². The number of nitrogens with zero attached hydrogens (tertiary/aromatic N) is 3. The number of esters is 1. The zero-order valence-electron chi connectivity index (χ0n) is 8.88. The van der Waals surface area contributed by atoms with Gasteiger partial charge in [0.1, 0.15) is 11.3 Å². The molecule has 0 bridgehead atoms. The number of thioether (sulfide) groups is 1. The van der Waals surface area contributed by atoms with E-state index < -0.39 is 5.97 Å². The van der Waals surface area contributed by atoms with Gasteiger partial charge < -0.3 is 9.94 Å². The predicted molar refractivity (Wildman–Crippen MR) is 59.2 cm³/mol. The highest BCUT2D eigenvalue weighted by molar-refractivity contribution is 7.98. The molecule has 0 fully saturated rings. The van der Waals surface area contributed by atoms with Gasteiger partial charge in [0.15, 0.2) is 5.16 Å². The minimum atomic E-state index is -0.537. The van der Waals surface area contributed by atoms with Crippen LogP contribution in [-0.2, 0) is 4.74 Å². The van der Waals surface area contributed by atoms with Crippen LogP contribution in [0.3, 0.4) is 0 Å². The fourth-order valence-electron chi connectivity index (χ4n) is 0.996. The van der Waals surface area contributed by atoms with Gasteiger partial charge >= 0.3 is 5.97 Å². The second kappa shape index (κ2) is 6.06. The van der Waals surface area contributed by atoms with Crippen LogP contribution >= 0.6 is 11.8 Å². The lowest BCUT2D eigenvalue weighted by Crippen LogP contribution is -2.11. The normalized spacial score (nSPS) is 10.6. The van der Waals surface area contributed by atoms with Crippen LogP contribution in [0, 0.1) is 0 Å². The van der Waals surface area contributed by atoms with Crippen molar-refractivity contribution in [1.82, 2.24) is 9.97 Å². The molecule has 1 rings (SSSR count). The van der Waals surface area contributed by atoms with Crippen molar-refractivity contribution < 1.29 is 14.7 Å². The number of rotatable bonds is 4. The molecule has 0 saturated carbocycles. The molecule has 0 aliphatic rings. The summed E-state index contributed by atoms with van der Waals surface area (Å²) in [5.41, 5.74) is 0.415. The fourth-order valence-corrected chi connectivity index (χ4v) is 1.34. The largest absolute Gasteiger partial charge is 0.462 e. The van der Waals surface area contributed by atoms with E-state index >= 15 is 0 Å². The molecule has 16 heavy (non-hydrogen) atoms. The van der Waals surface area contributed by atoms with Crippen LogP contribution in [0.25, 0.3) is 0 Å². The standard InChI is InChI=1S/C9H11N3O3S/c1-3-15-8(13)6-4-10-9(16-2)12-7(6)5-11-14/h4-5,14H,3H2,1-2H3. The van der Waals surface area contributed by atoms with E-state index in [1.165, 1.54) is 18.0 Å². The summed E-state index contributed by atoms with van der Waals surface area (Å²) in [6, 6.07) is 0. The summed E-state index contributed by atoms with van der Waals surface area (Å²) in [4.78, 5) is 19.5. The highest BCUT2D eigenvalue weighted by Crippen LogP contribution is 2.11. The second-order valence-corrected chi connectivity index (χ2v) is 3.39. The van der Waals surface area contributed by atoms with E-state index in [0.717, 1.165) is 6.21 Å². The molecule has 1 aromatic heterocycles. The van der Waals surface area contributed by atoms with E-state index in [-0.39, 0.29) is 17.9 Å². The SMILES string of the molecule is CCOC(=O)c1cnc(SC)nc1C=NO. The summed E-state index contributed by atoms with van der Waals surface area (Å²) in [5, 5.41) is 11.8. The van der Waals surface area contributed by atoms with Crippen LogP contribution in [0.2, 0.25) is 0 Å². The van der Waals surface area contributed by atoms with E-state index in [4.69, 9.17) is 9.94 Å². The molecule has 86 valence electrons. The maximum atomic E-state index is 11.5. The number of aromatic nitrogens is 2. The van der Waals surface area contributed by atoms with Gasteiger partial charge in [-0.2, -0.15) is 0 Å². The monoisotopic (exact) mass is 241 g/mol. The second-order valence-electron chi connectivity index (χ2n) is 2.62. The zero-order chi connectivity index (χ0) is 12.0. The molecule has 1 heterocycles. The molecule has 1 aromatic rings. The van der Waals surface area contributed by atoms with Crippen molar-refractivity contribution in [3.8, 4) is 0 Å². The molecule has 0 aliphatic carbocycles. The summed E-state index contributed by atoms with van der Waals surface area (Å²) >= 11 is 1.32. The maximum Gasteiger partial charge on any atom is 0.341 e. The molecule has 6 nitrogen and oxygen atoms in total. The molecule has 7 heteroatoms. The van der Waals surface area contributed by atoms with Gasteiger partial charge in [0.05, 0.1) is 12.8 Å². The molecular formula is C9H11N3O3S. The molecule has 0 unspecified atom stereocenters. The Morgan fingerprint density at radius 2 is 2.50 bits per heavy atom. The van der Waals surface area contributed by atoms with Crippen molar-refractivity contribution in [1.29, 1.82) is 0 Å². The molecule has 0 spiro atoms. The van der Waals surface area contributed by atoms with Gasteiger partial charge in [-0.05, 0) is 13.2 Å². The number of carbonyl (C=O) groups excluding carboxylic acids is 1. The van der Waals surface area contributed by atoms with Gasteiger partial charge in [-0.15, -0.1) is 0 Å². The third-order valence-corrected chi connectivity index (χ3v) is 2.22. The minimum Gasteiger partial charge on any atom is -0.462 e. The summed E-state index contributed by atoms with van der Waals surface area (Å²) in [5.74, 6) is -0.537. The van der Waals surface area contributed by atoms with Gasteiger partial charge in [-0.1, -0.05) is 16.9 Å². The molecule has 0 aliphatic heterocycles. The van der Waals surface area contributed by atoms with Crippen LogP contribution in [0.15, 0.2) is 16.5 Å². The van der Waals surface area contributed by atoms with Gasteiger partial charge in [0.2, 0.25) is 0 Å². The molecule has 0 saturated heterocycles. The Morgan fingerprint density at radius 3 is 3.06 bits per heavy atom. The Labute approximate surface area is 96.7 Å². The van der Waals surface area contributed by atoms with E-state index in [1.54, 1.807) is 13.2 Å². The molecule has 0 radical (unpaired) electrons. The highest BCUT2D eigenvalue weighted by atomic mass is 32.2. The Kier molecular flexibility index (Phi) is 4.71. The molecule has 0 atom stereocenters. The van der Waals surface area contributed by atoms with Crippen molar-refractivity contribution in [3.05, 3.63) is 17.5 Å². The van der Waals surface area contributed by atoms with E-state index in [1.807, 2.05) is 0 Å². The van der Waals surface area contributed by atoms with Gasteiger partial charge in [0, 0.05) is 6.20 Å². The van der Waals surface area contributed by atoms with E-state index in [0.29, 0.717) is 5.16 Å². The number of carbonyl (C=O) groups is 1. The first-order valence-corrected chi connectivity index (χ1v) is 5.71. The van der Waals surface area contributed by atoms with Crippen molar-refractivity contribution in [3.63, 3.8) is 0 Å². The number of oxime groups is 1. The third kappa shape index (κ3) is 2.93. The van der Waals surface area contributed by atoms with Crippen molar-refractivity contribution in [2.45, 2.75) is 12.1 Å². The van der Waals surface area contributed by atoms with Gasteiger partial charge in [0.25, 0.3) is 0 Å². The topological polar surface area (TPSA) is 84.7 Å². The number of hydrogen-bond donors (Lipinski definition) is 1. The average Bonchev–Trinajstić information content (AvgIpc) is 2.29. The highest BCUT2D eigenvalue weighted by Gasteiger charge is 2.14. The first-order valence-electron chi connectivity index (χ1n) is 4.48. The lowest BCUT2D eigenvalue weighted by Gasteiger charge is -2.04. The summed E-state index contributed by atoms with van der Waals surface area (Å²) in [7, 11) is 0. The Bertz CT molecular complexity index is 409. The lowest BCUT2D eigenvalue weighted by atomic mass is 10.2. The third-order valence-electron chi connectivity index (χ3n) is 1.65. The van der Waals surface area contributed by atoms with Crippen LogP contribution in [0.1, 0.15) is 23.0 Å². The molecular weight excluding hydrogens is 230 g/mol. The van der Waals surface area contributed by atoms with E-state index in [2.05, 4.69) is 15.1 Å². The maximum absolute atomic E-state index is 11.5. The van der Waals surface area contributed by atoms with Crippen molar-refractivity contribution in [2.24, 2.45) is 5.16 Å². The fraction of sp³-hybridized carbons (Fsp3) is 0.333. The van der Waals surface area contributed by atoms with Gasteiger partial charge in [-0.3, -0.25) is 0 Å². The van der Waals surface area contributed by atoms with Gasteiger partial charge in [-0.25, -0.2) is 14.8 Å². The molecule has 0 aromatic carbocycles. The first-order chi connectivity index (χ1) is 7.72. The number of ether oxygens (including phenoxy) is 1. The Morgan fingerprint density at radius 1 is 1.75 bits per heavy atom. The average molecular weight is 241 g/mol.